The van der Waals surface area contributed by atoms with E-state index in [4.69, 9.17) is 0 Å². The van der Waals surface area contributed by atoms with Gasteiger partial charge in [0.1, 0.15) is 5.82 Å². The number of carbonyl (C=O) groups excluding carboxylic acids is 1. The van der Waals surface area contributed by atoms with Gasteiger partial charge < -0.3 is 5.32 Å². The first-order valence-corrected chi connectivity index (χ1v) is 7.70. The highest BCUT2D eigenvalue weighted by molar-refractivity contribution is 5.94. The fourth-order valence-corrected chi connectivity index (χ4v) is 5.18. The van der Waals surface area contributed by atoms with Gasteiger partial charge in [-0.05, 0) is 80.5 Å². The summed E-state index contributed by atoms with van der Waals surface area (Å²) in [6.45, 7) is 0. The van der Waals surface area contributed by atoms with Gasteiger partial charge >= 0.3 is 0 Å². The summed E-state index contributed by atoms with van der Waals surface area (Å²) in [5, 5.41) is 3.30. The quantitative estimate of drug-likeness (QED) is 0.877. The Morgan fingerprint density at radius 1 is 1.00 bits per heavy atom. The van der Waals surface area contributed by atoms with E-state index in [1.807, 2.05) is 0 Å². The summed E-state index contributed by atoms with van der Waals surface area (Å²) < 4.78 is 12.9. The van der Waals surface area contributed by atoms with Crippen LogP contribution in [0.2, 0.25) is 0 Å². The maximum absolute atomic E-state index is 12.9. The number of hydrogen-bond donors (Lipinski definition) is 1. The Hall–Kier alpha value is -1.38. The molecule has 1 N–H and O–H groups in total. The molecule has 0 atom stereocenters. The number of benzene rings is 1. The SMILES string of the molecule is O=C(NC12CC3CC(CC(C3)C1)C2)c1ccc(F)cc1. The predicted octanol–water partition coefficient (Wildman–Crippen LogP) is 3.52. The molecule has 0 aromatic heterocycles. The molecule has 1 aromatic rings. The van der Waals surface area contributed by atoms with Crippen LogP contribution in [-0.2, 0) is 0 Å². The van der Waals surface area contributed by atoms with Crippen molar-refractivity contribution in [2.45, 2.75) is 44.1 Å². The van der Waals surface area contributed by atoms with E-state index in [9.17, 15) is 9.18 Å². The first kappa shape index (κ1) is 12.4. The molecule has 0 saturated heterocycles. The van der Waals surface area contributed by atoms with Gasteiger partial charge in [-0.15, -0.1) is 0 Å². The second-order valence-corrected chi connectivity index (χ2v) is 7.16. The molecule has 0 spiro atoms. The average molecular weight is 273 g/mol. The Kier molecular flexibility index (Phi) is 2.66. The standard InChI is InChI=1S/C17H20FNO/c18-15-3-1-14(2-4-15)16(20)19-17-8-11-5-12(9-17)7-13(6-11)10-17/h1-4,11-13H,5-10H2,(H,19,20). The molecule has 4 fully saturated rings. The van der Waals surface area contributed by atoms with Gasteiger partial charge in [0.15, 0.2) is 0 Å². The van der Waals surface area contributed by atoms with Crippen LogP contribution in [0.5, 0.6) is 0 Å². The highest BCUT2D eigenvalue weighted by atomic mass is 19.1. The lowest BCUT2D eigenvalue weighted by Crippen LogP contribution is -2.59. The van der Waals surface area contributed by atoms with Crippen LogP contribution >= 0.6 is 0 Å². The summed E-state index contributed by atoms with van der Waals surface area (Å²) in [7, 11) is 0. The Labute approximate surface area is 118 Å². The Balaban J connectivity index is 1.53. The average Bonchev–Trinajstić information content (AvgIpc) is 2.37. The van der Waals surface area contributed by atoms with Crippen LogP contribution in [-0.4, -0.2) is 11.4 Å². The Morgan fingerprint density at radius 2 is 1.50 bits per heavy atom. The molecule has 0 aliphatic heterocycles. The molecular weight excluding hydrogens is 253 g/mol. The lowest BCUT2D eigenvalue weighted by Gasteiger charge is -2.56. The molecule has 5 rings (SSSR count). The molecule has 106 valence electrons. The van der Waals surface area contributed by atoms with Crippen molar-refractivity contribution in [1.82, 2.24) is 5.32 Å². The first-order chi connectivity index (χ1) is 9.62. The van der Waals surface area contributed by atoms with Crippen molar-refractivity contribution in [2.75, 3.05) is 0 Å². The first-order valence-electron chi connectivity index (χ1n) is 7.70. The van der Waals surface area contributed by atoms with Crippen molar-refractivity contribution in [3.8, 4) is 0 Å². The summed E-state index contributed by atoms with van der Waals surface area (Å²) in [6, 6.07) is 5.86. The lowest BCUT2D eigenvalue weighted by molar-refractivity contribution is -0.0167. The van der Waals surface area contributed by atoms with E-state index >= 15 is 0 Å². The molecular formula is C17H20FNO. The topological polar surface area (TPSA) is 29.1 Å². The van der Waals surface area contributed by atoms with Crippen LogP contribution in [0.4, 0.5) is 4.39 Å². The van der Waals surface area contributed by atoms with Gasteiger partial charge in [-0.25, -0.2) is 4.39 Å². The third kappa shape index (κ3) is 2.04. The van der Waals surface area contributed by atoms with Gasteiger partial charge in [0.05, 0.1) is 0 Å². The fraction of sp³-hybridized carbons (Fsp3) is 0.588. The largest absolute Gasteiger partial charge is 0.347 e. The molecule has 1 aromatic carbocycles. The molecule has 4 aliphatic carbocycles. The van der Waals surface area contributed by atoms with Crippen LogP contribution in [0.3, 0.4) is 0 Å². The summed E-state index contributed by atoms with van der Waals surface area (Å²) >= 11 is 0. The second kappa shape index (κ2) is 4.31. The van der Waals surface area contributed by atoms with Crippen LogP contribution in [0, 0.1) is 23.6 Å². The van der Waals surface area contributed by atoms with Crippen LogP contribution in [0.15, 0.2) is 24.3 Å². The van der Waals surface area contributed by atoms with E-state index in [0.717, 1.165) is 37.0 Å². The number of nitrogens with one attached hydrogen (secondary N) is 1. The molecule has 3 heteroatoms. The maximum atomic E-state index is 12.9. The number of hydrogen-bond acceptors (Lipinski definition) is 1. The van der Waals surface area contributed by atoms with E-state index in [2.05, 4.69) is 5.32 Å². The lowest BCUT2D eigenvalue weighted by atomic mass is 9.53. The van der Waals surface area contributed by atoms with Crippen molar-refractivity contribution in [1.29, 1.82) is 0 Å². The van der Waals surface area contributed by atoms with E-state index in [1.54, 1.807) is 12.1 Å². The molecule has 1 amide bonds. The number of carbonyl (C=O) groups is 1. The highest BCUT2D eigenvalue weighted by Crippen LogP contribution is 2.55. The third-order valence-corrected chi connectivity index (χ3v) is 5.52. The molecule has 0 radical (unpaired) electrons. The fourth-order valence-electron chi connectivity index (χ4n) is 5.18. The van der Waals surface area contributed by atoms with Gasteiger partial charge in [-0.1, -0.05) is 0 Å². The summed E-state index contributed by atoms with van der Waals surface area (Å²) in [6.07, 6.45) is 7.53. The molecule has 2 nitrogen and oxygen atoms in total. The maximum Gasteiger partial charge on any atom is 0.251 e. The number of amides is 1. The minimum absolute atomic E-state index is 0.0280. The van der Waals surface area contributed by atoms with Gasteiger partial charge in [0.2, 0.25) is 0 Å². The third-order valence-electron chi connectivity index (χ3n) is 5.52. The van der Waals surface area contributed by atoms with Gasteiger partial charge in [0, 0.05) is 11.1 Å². The zero-order chi connectivity index (χ0) is 13.7. The van der Waals surface area contributed by atoms with Crippen LogP contribution in [0.25, 0.3) is 0 Å². The van der Waals surface area contributed by atoms with Crippen LogP contribution in [0.1, 0.15) is 48.9 Å². The Bertz CT molecular complexity index is 501. The normalized spacial score (nSPS) is 38.0. The molecule has 20 heavy (non-hydrogen) atoms. The van der Waals surface area contributed by atoms with E-state index < -0.39 is 0 Å². The van der Waals surface area contributed by atoms with Gasteiger partial charge in [-0.3, -0.25) is 4.79 Å². The van der Waals surface area contributed by atoms with E-state index in [0.29, 0.717) is 5.56 Å². The van der Waals surface area contributed by atoms with Crippen molar-refractivity contribution in [2.24, 2.45) is 17.8 Å². The highest BCUT2D eigenvalue weighted by Gasteiger charge is 2.51. The van der Waals surface area contributed by atoms with E-state index in [1.165, 1.54) is 31.4 Å². The Morgan fingerprint density at radius 3 is 2.00 bits per heavy atom. The van der Waals surface area contributed by atoms with Crippen molar-refractivity contribution >= 4 is 5.91 Å². The number of rotatable bonds is 2. The van der Waals surface area contributed by atoms with Crippen molar-refractivity contribution < 1.29 is 9.18 Å². The van der Waals surface area contributed by atoms with Crippen LogP contribution < -0.4 is 5.32 Å². The monoisotopic (exact) mass is 273 g/mol. The number of halogens is 1. The molecule has 0 unspecified atom stereocenters. The predicted molar refractivity (Wildman–Crippen MR) is 74.8 cm³/mol. The summed E-state index contributed by atoms with van der Waals surface area (Å²) in [5.41, 5.74) is 0.599. The summed E-state index contributed by atoms with van der Waals surface area (Å²) in [4.78, 5) is 12.4. The minimum Gasteiger partial charge on any atom is -0.347 e. The molecule has 4 aliphatic rings. The summed E-state index contributed by atoms with van der Waals surface area (Å²) in [5.74, 6) is 2.11. The van der Waals surface area contributed by atoms with Gasteiger partial charge in [0.25, 0.3) is 5.91 Å². The molecule has 4 saturated carbocycles. The zero-order valence-electron chi connectivity index (χ0n) is 11.6. The minimum atomic E-state index is -0.295. The molecule has 0 heterocycles. The smallest absolute Gasteiger partial charge is 0.251 e. The van der Waals surface area contributed by atoms with Crippen molar-refractivity contribution in [3.63, 3.8) is 0 Å². The molecule has 4 bridgehead atoms. The van der Waals surface area contributed by atoms with Gasteiger partial charge in [-0.2, -0.15) is 0 Å². The van der Waals surface area contributed by atoms with E-state index in [-0.39, 0.29) is 17.3 Å². The van der Waals surface area contributed by atoms with Crippen molar-refractivity contribution in [3.05, 3.63) is 35.6 Å². The second-order valence-electron chi connectivity index (χ2n) is 7.16. The zero-order valence-corrected chi connectivity index (χ0v) is 11.6.